The maximum absolute atomic E-state index is 12.0. The van der Waals surface area contributed by atoms with Crippen LogP contribution in [0.1, 0.15) is 5.69 Å². The summed E-state index contributed by atoms with van der Waals surface area (Å²) in [5, 5.41) is 8.63. The third kappa shape index (κ3) is 2.82. The highest BCUT2D eigenvalue weighted by Crippen LogP contribution is 2.26. The van der Waals surface area contributed by atoms with E-state index in [0.29, 0.717) is 0 Å². The van der Waals surface area contributed by atoms with Gasteiger partial charge < -0.3 is 5.32 Å². The van der Waals surface area contributed by atoms with E-state index < -0.39 is 18.5 Å². The van der Waals surface area contributed by atoms with E-state index in [1.165, 1.54) is 0 Å². The van der Waals surface area contributed by atoms with E-state index in [-0.39, 0.29) is 12.4 Å². The molecule has 0 amide bonds. The molecule has 1 aromatic heterocycles. The Kier molecular flexibility index (Phi) is 3.21. The predicted molar refractivity (Wildman–Crippen MR) is 41.5 cm³/mol. The van der Waals surface area contributed by atoms with Gasteiger partial charge in [0.2, 0.25) is 0 Å². The Labute approximate surface area is 77.1 Å². The van der Waals surface area contributed by atoms with Crippen LogP contribution in [0.5, 0.6) is 0 Å². The first kappa shape index (κ1) is 10.7. The van der Waals surface area contributed by atoms with Gasteiger partial charge >= 0.3 is 6.18 Å². The molecule has 78 valence electrons. The third-order valence-corrected chi connectivity index (χ3v) is 1.36. The second kappa shape index (κ2) is 4.21. The lowest BCUT2D eigenvalue weighted by Crippen LogP contribution is -2.11. The summed E-state index contributed by atoms with van der Waals surface area (Å²) in [7, 11) is 0. The number of alkyl halides is 4. The quantitative estimate of drug-likeness (QED) is 0.772. The molecule has 14 heavy (non-hydrogen) atoms. The molecule has 3 nitrogen and oxygen atoms in total. The number of aromatic nitrogens is 2. The Morgan fingerprint density at radius 2 is 1.93 bits per heavy atom. The van der Waals surface area contributed by atoms with Crippen molar-refractivity contribution >= 4 is 5.82 Å². The molecule has 0 saturated carbocycles. The second-order valence-corrected chi connectivity index (χ2v) is 2.42. The molecule has 0 saturated heterocycles. The van der Waals surface area contributed by atoms with Crippen LogP contribution in [0.4, 0.5) is 23.4 Å². The fourth-order valence-corrected chi connectivity index (χ4v) is 0.753. The topological polar surface area (TPSA) is 37.8 Å². The van der Waals surface area contributed by atoms with Crippen LogP contribution in [-0.4, -0.2) is 23.4 Å². The summed E-state index contributed by atoms with van der Waals surface area (Å²) in [5.41, 5.74) is -1.07. The van der Waals surface area contributed by atoms with Crippen molar-refractivity contribution in [2.24, 2.45) is 0 Å². The number of nitrogens with zero attached hydrogens (tertiary/aromatic N) is 2. The zero-order valence-electron chi connectivity index (χ0n) is 6.98. The van der Waals surface area contributed by atoms with Gasteiger partial charge in [-0.1, -0.05) is 0 Å². The van der Waals surface area contributed by atoms with Gasteiger partial charge in [0.15, 0.2) is 5.69 Å². The van der Waals surface area contributed by atoms with Crippen LogP contribution in [0, 0.1) is 0 Å². The molecular weight excluding hydrogens is 202 g/mol. The number of hydrogen-bond acceptors (Lipinski definition) is 3. The number of hydrogen-bond donors (Lipinski definition) is 1. The molecule has 0 aliphatic heterocycles. The van der Waals surface area contributed by atoms with E-state index in [2.05, 4.69) is 15.5 Å². The molecule has 1 heterocycles. The Balaban J connectivity index is 2.69. The van der Waals surface area contributed by atoms with E-state index in [1.54, 1.807) is 0 Å². The van der Waals surface area contributed by atoms with Crippen molar-refractivity contribution < 1.29 is 17.6 Å². The maximum Gasteiger partial charge on any atom is 0.435 e. The first-order valence-corrected chi connectivity index (χ1v) is 3.75. The summed E-state index contributed by atoms with van der Waals surface area (Å²) >= 11 is 0. The second-order valence-electron chi connectivity index (χ2n) is 2.42. The highest BCUT2D eigenvalue weighted by atomic mass is 19.4. The third-order valence-electron chi connectivity index (χ3n) is 1.36. The van der Waals surface area contributed by atoms with Gasteiger partial charge in [-0.3, -0.25) is 0 Å². The fraction of sp³-hybridized carbons (Fsp3) is 0.429. The summed E-state index contributed by atoms with van der Waals surface area (Å²) < 4.78 is 47.6. The molecule has 0 spiro atoms. The van der Waals surface area contributed by atoms with E-state index >= 15 is 0 Å². The summed E-state index contributed by atoms with van der Waals surface area (Å²) in [4.78, 5) is 0. The van der Waals surface area contributed by atoms with Gasteiger partial charge in [0, 0.05) is 6.54 Å². The molecule has 0 bridgehead atoms. The average molecular weight is 209 g/mol. The molecule has 1 N–H and O–H groups in total. The van der Waals surface area contributed by atoms with Crippen molar-refractivity contribution in [2.75, 3.05) is 18.5 Å². The molecule has 0 aromatic carbocycles. The minimum atomic E-state index is -4.49. The van der Waals surface area contributed by atoms with Crippen molar-refractivity contribution in [3.8, 4) is 0 Å². The summed E-state index contributed by atoms with van der Waals surface area (Å²) in [6, 6.07) is 1.89. The first-order chi connectivity index (χ1) is 6.54. The lowest BCUT2D eigenvalue weighted by molar-refractivity contribution is -0.141. The smallest absolute Gasteiger partial charge is 0.366 e. The highest BCUT2D eigenvalue weighted by Gasteiger charge is 2.32. The molecule has 1 aromatic rings. The van der Waals surface area contributed by atoms with E-state index in [4.69, 9.17) is 0 Å². The Morgan fingerprint density at radius 1 is 1.21 bits per heavy atom. The minimum Gasteiger partial charge on any atom is -0.366 e. The van der Waals surface area contributed by atoms with Gasteiger partial charge in [0.05, 0.1) is 0 Å². The first-order valence-electron chi connectivity index (χ1n) is 3.75. The minimum absolute atomic E-state index is 0.0000442. The van der Waals surface area contributed by atoms with Crippen molar-refractivity contribution in [3.63, 3.8) is 0 Å². The largest absolute Gasteiger partial charge is 0.435 e. The molecule has 0 fully saturated rings. The average Bonchev–Trinajstić information content (AvgIpc) is 2.14. The Bertz CT molecular complexity index is 282. The van der Waals surface area contributed by atoms with Gasteiger partial charge in [0.1, 0.15) is 12.5 Å². The Hall–Kier alpha value is -1.40. The summed E-state index contributed by atoms with van der Waals surface area (Å²) in [5.74, 6) is 0.121. The number of nitrogens with one attached hydrogen (secondary N) is 1. The normalized spacial score (nSPS) is 11.4. The van der Waals surface area contributed by atoms with Crippen LogP contribution in [-0.2, 0) is 6.18 Å². The molecule has 0 aliphatic rings. The predicted octanol–water partition coefficient (Wildman–Crippen LogP) is 1.88. The van der Waals surface area contributed by atoms with Crippen molar-refractivity contribution in [3.05, 3.63) is 17.8 Å². The van der Waals surface area contributed by atoms with Crippen LogP contribution in [0.3, 0.4) is 0 Å². The SMILES string of the molecule is FCCNc1ccc(C(F)(F)F)nn1. The zero-order valence-corrected chi connectivity index (χ0v) is 6.98. The fourth-order valence-electron chi connectivity index (χ4n) is 0.753. The van der Waals surface area contributed by atoms with Gasteiger partial charge in [0.25, 0.3) is 0 Å². The molecule has 7 heteroatoms. The molecule has 0 aliphatic carbocycles. The van der Waals surface area contributed by atoms with E-state index in [0.717, 1.165) is 12.1 Å². The van der Waals surface area contributed by atoms with Crippen molar-refractivity contribution in [1.82, 2.24) is 10.2 Å². The van der Waals surface area contributed by atoms with Gasteiger partial charge in [-0.2, -0.15) is 13.2 Å². The lowest BCUT2D eigenvalue weighted by atomic mass is 10.4. The summed E-state index contributed by atoms with van der Waals surface area (Å²) in [6.07, 6.45) is -4.49. The van der Waals surface area contributed by atoms with Crippen LogP contribution < -0.4 is 5.32 Å². The van der Waals surface area contributed by atoms with Gasteiger partial charge in [-0.25, -0.2) is 4.39 Å². The van der Waals surface area contributed by atoms with E-state index in [9.17, 15) is 17.6 Å². The van der Waals surface area contributed by atoms with Gasteiger partial charge in [-0.15, -0.1) is 10.2 Å². The molecular formula is C7H7F4N3. The number of anilines is 1. The number of halogens is 4. The van der Waals surface area contributed by atoms with Gasteiger partial charge in [-0.05, 0) is 12.1 Å². The standard InChI is InChI=1S/C7H7F4N3/c8-3-4-12-6-2-1-5(13-14-6)7(9,10)11/h1-2H,3-4H2,(H,12,14). The van der Waals surface area contributed by atoms with Crippen LogP contribution in [0.2, 0.25) is 0 Å². The number of rotatable bonds is 3. The molecule has 1 rings (SSSR count). The zero-order chi connectivity index (χ0) is 10.6. The Morgan fingerprint density at radius 3 is 2.36 bits per heavy atom. The van der Waals surface area contributed by atoms with E-state index in [1.807, 2.05) is 0 Å². The van der Waals surface area contributed by atoms with Crippen LogP contribution in [0.15, 0.2) is 12.1 Å². The van der Waals surface area contributed by atoms with Crippen molar-refractivity contribution in [1.29, 1.82) is 0 Å². The summed E-state index contributed by atoms with van der Waals surface area (Å²) in [6.45, 7) is -0.622. The van der Waals surface area contributed by atoms with Crippen molar-refractivity contribution in [2.45, 2.75) is 6.18 Å². The molecule has 0 unspecified atom stereocenters. The molecule has 0 radical (unpaired) electrons. The highest BCUT2D eigenvalue weighted by molar-refractivity contribution is 5.33. The van der Waals surface area contributed by atoms with Crippen LogP contribution in [0.25, 0.3) is 0 Å². The maximum atomic E-state index is 12.0. The monoisotopic (exact) mass is 209 g/mol. The van der Waals surface area contributed by atoms with Crippen LogP contribution >= 0.6 is 0 Å². The molecule has 0 atom stereocenters. The lowest BCUT2D eigenvalue weighted by Gasteiger charge is -2.05.